The number of hydrogen-bond donors (Lipinski definition) is 2. The second-order valence-electron chi connectivity index (χ2n) is 6.67. The Morgan fingerprint density at radius 1 is 1.31 bits per heavy atom. The van der Waals surface area contributed by atoms with Crippen molar-refractivity contribution in [1.29, 1.82) is 0 Å². The number of aliphatic imine (C=N–C) groups is 1. The quantitative estimate of drug-likeness (QED) is 0.492. The molecule has 3 N–H and O–H groups in total. The van der Waals surface area contributed by atoms with Gasteiger partial charge in [-0.1, -0.05) is 6.92 Å². The molecule has 1 aromatic carbocycles. The third-order valence-corrected chi connectivity index (χ3v) is 4.44. The molecule has 0 aliphatic heterocycles. The molecule has 0 saturated heterocycles. The van der Waals surface area contributed by atoms with Crippen LogP contribution >= 0.6 is 0 Å². The Morgan fingerprint density at radius 3 is 2.65 bits per heavy atom. The molecule has 0 fully saturated rings. The second kappa shape index (κ2) is 9.82. The van der Waals surface area contributed by atoms with Gasteiger partial charge in [0.2, 0.25) is 0 Å². The van der Waals surface area contributed by atoms with Crippen LogP contribution in [-0.2, 0) is 0 Å². The van der Waals surface area contributed by atoms with Crippen LogP contribution in [0.15, 0.2) is 52.2 Å². The smallest absolute Gasteiger partial charge is 0.100 e. The molecule has 0 bridgehead atoms. The molecule has 2 heterocycles. The van der Waals surface area contributed by atoms with Crippen molar-refractivity contribution in [3.8, 4) is 0 Å². The Kier molecular flexibility index (Phi) is 7.48. The number of H-pyrrole nitrogens is 1. The van der Waals surface area contributed by atoms with Crippen molar-refractivity contribution in [2.24, 2.45) is 10.7 Å². The highest BCUT2D eigenvalue weighted by Gasteiger charge is 2.14. The molecule has 1 unspecified atom stereocenters. The minimum absolute atomic E-state index is 0.572. The molecule has 0 aliphatic rings. The Morgan fingerprint density at radius 2 is 2.12 bits per heavy atom. The van der Waals surface area contributed by atoms with Crippen LogP contribution in [0.2, 0.25) is 0 Å². The van der Waals surface area contributed by atoms with Crippen LogP contribution in [0.4, 0.5) is 5.69 Å². The molecular formula is C21H30N4O. The van der Waals surface area contributed by atoms with Gasteiger partial charge in [0, 0.05) is 17.1 Å². The highest BCUT2D eigenvalue weighted by atomic mass is 16.3. The van der Waals surface area contributed by atoms with Crippen molar-refractivity contribution < 1.29 is 4.42 Å². The Bertz CT molecular complexity index is 803. The molecule has 140 valence electrons. The van der Waals surface area contributed by atoms with E-state index in [0.29, 0.717) is 5.92 Å². The minimum atomic E-state index is 0.572. The van der Waals surface area contributed by atoms with E-state index in [2.05, 4.69) is 54.2 Å². The molecule has 0 saturated carbocycles. The first-order valence-corrected chi connectivity index (χ1v) is 9.05. The lowest BCUT2D eigenvalue weighted by atomic mass is 9.92. The Hall–Kier alpha value is -2.53. The van der Waals surface area contributed by atoms with E-state index in [9.17, 15) is 0 Å². The van der Waals surface area contributed by atoms with E-state index in [1.807, 2.05) is 25.1 Å². The standard InChI is InChI=1S/C16H24N4.C5H6O/c1-4-12(7-8-20(2)3)15-10-18-16-6-5-13(19-11-17)9-14(15)16;1-5-3-2-4-6-5/h5-6,9-12,18H,4,7-8H2,1-3H3,(H2,17,19);2-4H,1H3. The maximum Gasteiger partial charge on any atom is 0.100 e. The zero-order valence-corrected chi connectivity index (χ0v) is 16.2. The molecular weight excluding hydrogens is 324 g/mol. The van der Waals surface area contributed by atoms with Crippen LogP contribution in [0.1, 0.15) is 37.0 Å². The number of aryl methyl sites for hydroxylation is 1. The van der Waals surface area contributed by atoms with E-state index in [-0.39, 0.29) is 0 Å². The fourth-order valence-corrected chi connectivity index (χ4v) is 2.99. The van der Waals surface area contributed by atoms with Gasteiger partial charge in [-0.2, -0.15) is 0 Å². The summed E-state index contributed by atoms with van der Waals surface area (Å²) < 4.78 is 4.83. The fourth-order valence-electron chi connectivity index (χ4n) is 2.99. The van der Waals surface area contributed by atoms with Gasteiger partial charge in [0.05, 0.1) is 18.3 Å². The van der Waals surface area contributed by atoms with E-state index >= 15 is 0 Å². The van der Waals surface area contributed by atoms with Gasteiger partial charge in [-0.25, -0.2) is 4.99 Å². The summed E-state index contributed by atoms with van der Waals surface area (Å²) in [5.41, 5.74) is 8.84. The molecule has 0 spiro atoms. The number of rotatable bonds is 6. The average molecular weight is 354 g/mol. The molecule has 26 heavy (non-hydrogen) atoms. The molecule has 1 atom stereocenters. The summed E-state index contributed by atoms with van der Waals surface area (Å²) in [5, 5.41) is 1.26. The first-order chi connectivity index (χ1) is 12.5. The average Bonchev–Trinajstić information content (AvgIpc) is 3.25. The zero-order chi connectivity index (χ0) is 18.9. The van der Waals surface area contributed by atoms with Crippen LogP contribution in [0.25, 0.3) is 10.9 Å². The fraction of sp³-hybridized carbons (Fsp3) is 0.381. The lowest BCUT2D eigenvalue weighted by molar-refractivity contribution is 0.378. The van der Waals surface area contributed by atoms with Gasteiger partial charge < -0.3 is 20.0 Å². The summed E-state index contributed by atoms with van der Waals surface area (Å²) in [4.78, 5) is 9.77. The summed E-state index contributed by atoms with van der Waals surface area (Å²) in [6, 6.07) is 9.95. The number of nitrogens with one attached hydrogen (secondary N) is 1. The topological polar surface area (TPSA) is 70.5 Å². The number of nitrogens with zero attached hydrogens (tertiary/aromatic N) is 2. The molecule has 0 amide bonds. The third-order valence-electron chi connectivity index (χ3n) is 4.44. The number of aromatic amines is 1. The summed E-state index contributed by atoms with van der Waals surface area (Å²) in [7, 11) is 4.24. The molecule has 5 nitrogen and oxygen atoms in total. The second-order valence-corrected chi connectivity index (χ2v) is 6.67. The van der Waals surface area contributed by atoms with E-state index in [0.717, 1.165) is 24.4 Å². The van der Waals surface area contributed by atoms with Crippen LogP contribution in [-0.4, -0.2) is 36.9 Å². The first-order valence-electron chi connectivity index (χ1n) is 9.05. The Labute approximate surface area is 155 Å². The molecule has 5 heteroatoms. The highest BCUT2D eigenvalue weighted by Crippen LogP contribution is 2.32. The normalized spacial score (nSPS) is 12.5. The van der Waals surface area contributed by atoms with Crippen molar-refractivity contribution in [2.45, 2.75) is 32.6 Å². The van der Waals surface area contributed by atoms with Gasteiger partial charge in [0.15, 0.2) is 0 Å². The number of benzene rings is 1. The zero-order valence-electron chi connectivity index (χ0n) is 16.2. The summed E-state index contributed by atoms with van der Waals surface area (Å²) in [6.45, 7) is 5.27. The maximum absolute atomic E-state index is 5.38. The van der Waals surface area contributed by atoms with Crippen LogP contribution < -0.4 is 5.73 Å². The van der Waals surface area contributed by atoms with E-state index in [4.69, 9.17) is 10.2 Å². The van der Waals surface area contributed by atoms with E-state index in [1.165, 1.54) is 29.2 Å². The van der Waals surface area contributed by atoms with E-state index < -0.39 is 0 Å². The van der Waals surface area contributed by atoms with Gasteiger partial charge in [-0.3, -0.25) is 0 Å². The SMILES string of the molecule is CCC(CCN(C)C)c1c[nH]c2ccc(N=CN)cc12.Cc1ccco1. The van der Waals surface area contributed by atoms with Gasteiger partial charge >= 0.3 is 0 Å². The van der Waals surface area contributed by atoms with Gasteiger partial charge in [0.25, 0.3) is 0 Å². The summed E-state index contributed by atoms with van der Waals surface area (Å²) in [6.07, 6.45) is 7.46. The van der Waals surface area contributed by atoms with Crippen LogP contribution in [0.5, 0.6) is 0 Å². The molecule has 0 radical (unpaired) electrons. The third kappa shape index (κ3) is 5.49. The predicted molar refractivity (Wildman–Crippen MR) is 110 cm³/mol. The number of hydrogen-bond acceptors (Lipinski definition) is 3. The highest BCUT2D eigenvalue weighted by molar-refractivity contribution is 5.87. The number of fused-ring (bicyclic) bond motifs is 1. The van der Waals surface area contributed by atoms with Crippen LogP contribution in [0.3, 0.4) is 0 Å². The molecule has 2 aromatic heterocycles. The lowest BCUT2D eigenvalue weighted by Crippen LogP contribution is -2.15. The molecule has 3 aromatic rings. The van der Waals surface area contributed by atoms with Crippen molar-refractivity contribution >= 4 is 22.9 Å². The number of nitrogens with two attached hydrogens (primary N) is 1. The van der Waals surface area contributed by atoms with Crippen LogP contribution in [0, 0.1) is 6.92 Å². The van der Waals surface area contributed by atoms with Gasteiger partial charge in [-0.15, -0.1) is 0 Å². The number of aromatic nitrogens is 1. The van der Waals surface area contributed by atoms with E-state index in [1.54, 1.807) is 6.26 Å². The van der Waals surface area contributed by atoms with Gasteiger partial charge in [-0.05, 0) is 82.2 Å². The maximum atomic E-state index is 5.38. The largest absolute Gasteiger partial charge is 0.470 e. The summed E-state index contributed by atoms with van der Waals surface area (Å²) >= 11 is 0. The number of furan rings is 1. The van der Waals surface area contributed by atoms with Crippen molar-refractivity contribution in [3.05, 3.63) is 54.1 Å². The lowest BCUT2D eigenvalue weighted by Gasteiger charge is -2.17. The van der Waals surface area contributed by atoms with Gasteiger partial charge in [0.1, 0.15) is 5.76 Å². The van der Waals surface area contributed by atoms with Crippen molar-refractivity contribution in [1.82, 2.24) is 9.88 Å². The molecule has 0 aliphatic carbocycles. The molecule has 3 rings (SSSR count). The predicted octanol–water partition coefficient (Wildman–Crippen LogP) is 4.82. The Balaban J connectivity index is 0.000000342. The van der Waals surface area contributed by atoms with Crippen molar-refractivity contribution in [2.75, 3.05) is 20.6 Å². The van der Waals surface area contributed by atoms with Crippen molar-refractivity contribution in [3.63, 3.8) is 0 Å². The minimum Gasteiger partial charge on any atom is -0.470 e. The first kappa shape index (κ1) is 19.8. The monoisotopic (exact) mass is 354 g/mol. The summed E-state index contributed by atoms with van der Waals surface area (Å²) in [5.74, 6) is 1.54.